The first kappa shape index (κ1) is 14.5. The van der Waals surface area contributed by atoms with Crippen LogP contribution in [-0.4, -0.2) is 37.0 Å². The summed E-state index contributed by atoms with van der Waals surface area (Å²) < 4.78 is 36.2. The lowest BCUT2D eigenvalue weighted by Gasteiger charge is -2.22. The summed E-state index contributed by atoms with van der Waals surface area (Å²) >= 11 is 0. The maximum Gasteiger partial charge on any atom is 0.289 e. The molecule has 0 aliphatic carbocycles. The Bertz CT molecular complexity index is 400. The van der Waals surface area contributed by atoms with Gasteiger partial charge < -0.3 is 25.4 Å². The van der Waals surface area contributed by atoms with E-state index in [0.29, 0.717) is 0 Å². The van der Waals surface area contributed by atoms with Crippen LogP contribution in [-0.2, 0) is 0 Å². The molecular formula is C11H15F2NO4. The highest BCUT2D eigenvalue weighted by molar-refractivity contribution is 5.53. The first-order chi connectivity index (χ1) is 8.37. The van der Waals surface area contributed by atoms with Crippen LogP contribution < -0.4 is 15.2 Å². The summed E-state index contributed by atoms with van der Waals surface area (Å²) in [7, 11) is 2.54. The van der Waals surface area contributed by atoms with Crippen LogP contribution in [0.2, 0.25) is 0 Å². The van der Waals surface area contributed by atoms with Crippen molar-refractivity contribution in [2.24, 2.45) is 5.73 Å². The quantitative estimate of drug-likeness (QED) is 0.739. The number of phenols is 1. The largest absolute Gasteiger partial charge is 0.502 e. The minimum Gasteiger partial charge on any atom is -0.502 e. The van der Waals surface area contributed by atoms with Crippen molar-refractivity contribution in [3.05, 3.63) is 17.7 Å². The lowest BCUT2D eigenvalue weighted by molar-refractivity contribution is -0.0712. The predicted octanol–water partition coefficient (Wildman–Crippen LogP) is 1.04. The average Bonchev–Trinajstić information content (AvgIpc) is 2.38. The summed E-state index contributed by atoms with van der Waals surface area (Å²) in [6, 6.07) is 0.615. The zero-order valence-electron chi connectivity index (χ0n) is 9.98. The Morgan fingerprint density at radius 2 is 1.72 bits per heavy atom. The second-order valence-electron chi connectivity index (χ2n) is 3.67. The molecule has 0 aliphatic rings. The number of phenolic OH excluding ortho intramolecular Hbond substituents is 1. The second kappa shape index (κ2) is 5.36. The highest BCUT2D eigenvalue weighted by Crippen LogP contribution is 2.40. The number of alkyl halides is 2. The molecule has 1 atom stereocenters. The monoisotopic (exact) mass is 263 g/mol. The van der Waals surface area contributed by atoms with Crippen LogP contribution in [0.1, 0.15) is 11.6 Å². The molecule has 0 unspecified atom stereocenters. The van der Waals surface area contributed by atoms with Gasteiger partial charge in [-0.15, -0.1) is 0 Å². The van der Waals surface area contributed by atoms with Crippen LogP contribution in [0.15, 0.2) is 12.1 Å². The Morgan fingerprint density at radius 3 is 2.06 bits per heavy atom. The highest BCUT2D eigenvalue weighted by Gasteiger charge is 2.38. The average molecular weight is 263 g/mol. The van der Waals surface area contributed by atoms with Crippen LogP contribution in [0.25, 0.3) is 0 Å². The summed E-state index contributed by atoms with van der Waals surface area (Å²) in [5.41, 5.74) is 5.36. The van der Waals surface area contributed by atoms with Crippen molar-refractivity contribution >= 4 is 0 Å². The van der Waals surface area contributed by atoms with Crippen LogP contribution in [0.4, 0.5) is 8.78 Å². The number of benzene rings is 1. The summed E-state index contributed by atoms with van der Waals surface area (Å²) in [5, 5.41) is 18.2. The predicted molar refractivity (Wildman–Crippen MR) is 60.2 cm³/mol. The highest BCUT2D eigenvalue weighted by atomic mass is 19.3. The van der Waals surface area contributed by atoms with Gasteiger partial charge in [-0.2, -0.15) is 0 Å². The molecule has 0 amide bonds. The van der Waals surface area contributed by atoms with Gasteiger partial charge in [0, 0.05) is 0 Å². The second-order valence-corrected chi connectivity index (χ2v) is 3.67. The van der Waals surface area contributed by atoms with Crippen molar-refractivity contribution in [2.75, 3.05) is 20.8 Å². The minimum absolute atomic E-state index is 0.0134. The van der Waals surface area contributed by atoms with Crippen molar-refractivity contribution in [1.82, 2.24) is 0 Å². The zero-order chi connectivity index (χ0) is 13.9. The summed E-state index contributed by atoms with van der Waals surface area (Å²) in [6.07, 6.45) is 0. The SMILES string of the molecule is COc1cc([C@H](N)C(F)(F)CO)cc(OC)c1O. The van der Waals surface area contributed by atoms with E-state index in [-0.39, 0.29) is 22.8 Å². The number of aliphatic hydroxyl groups excluding tert-OH is 1. The Morgan fingerprint density at radius 1 is 1.28 bits per heavy atom. The first-order valence-corrected chi connectivity index (χ1v) is 5.06. The molecular weight excluding hydrogens is 248 g/mol. The van der Waals surface area contributed by atoms with Crippen molar-refractivity contribution < 1.29 is 28.5 Å². The van der Waals surface area contributed by atoms with Crippen LogP contribution in [0.5, 0.6) is 17.2 Å². The fourth-order valence-corrected chi connectivity index (χ4v) is 1.44. The first-order valence-electron chi connectivity index (χ1n) is 5.06. The van der Waals surface area contributed by atoms with E-state index in [1.54, 1.807) is 0 Å². The molecule has 0 spiro atoms. The van der Waals surface area contributed by atoms with E-state index in [1.807, 2.05) is 0 Å². The minimum atomic E-state index is -3.48. The Balaban J connectivity index is 3.25. The van der Waals surface area contributed by atoms with Crippen LogP contribution in [0.3, 0.4) is 0 Å². The Kier molecular flexibility index (Phi) is 4.31. The number of nitrogens with two attached hydrogens (primary N) is 1. The van der Waals surface area contributed by atoms with Gasteiger partial charge >= 0.3 is 0 Å². The van der Waals surface area contributed by atoms with E-state index in [4.69, 9.17) is 20.3 Å². The van der Waals surface area contributed by atoms with Gasteiger partial charge in [0.2, 0.25) is 5.75 Å². The van der Waals surface area contributed by atoms with Gasteiger partial charge in [-0.3, -0.25) is 0 Å². The fraction of sp³-hybridized carbons (Fsp3) is 0.455. The van der Waals surface area contributed by atoms with Crippen LogP contribution in [0, 0.1) is 0 Å². The molecule has 102 valence electrons. The zero-order valence-corrected chi connectivity index (χ0v) is 9.98. The molecule has 0 bridgehead atoms. The molecule has 1 rings (SSSR count). The maximum absolute atomic E-state index is 13.3. The molecule has 0 aliphatic heterocycles. The van der Waals surface area contributed by atoms with Gasteiger partial charge in [0.25, 0.3) is 5.92 Å². The van der Waals surface area contributed by atoms with Gasteiger partial charge in [-0.25, -0.2) is 8.78 Å². The molecule has 0 radical (unpaired) electrons. The number of hydrogen-bond donors (Lipinski definition) is 3. The Labute approximate surface area is 103 Å². The third-order valence-corrected chi connectivity index (χ3v) is 2.53. The van der Waals surface area contributed by atoms with Crippen LogP contribution >= 0.6 is 0 Å². The third kappa shape index (κ3) is 2.62. The van der Waals surface area contributed by atoms with E-state index in [2.05, 4.69) is 0 Å². The summed E-state index contributed by atoms with van der Waals surface area (Å²) in [5.74, 6) is -3.85. The molecule has 18 heavy (non-hydrogen) atoms. The summed E-state index contributed by atoms with van der Waals surface area (Å²) in [4.78, 5) is 0. The number of hydrogen-bond acceptors (Lipinski definition) is 5. The van der Waals surface area contributed by atoms with Crippen molar-refractivity contribution in [3.8, 4) is 17.2 Å². The standard InChI is InChI=1S/C11H15F2NO4/c1-17-7-3-6(4-8(18-2)9(7)16)10(14)11(12,13)5-15/h3-4,10,15-16H,5,14H2,1-2H3/t10-/m0/s1. The van der Waals surface area contributed by atoms with E-state index < -0.39 is 18.6 Å². The lowest BCUT2D eigenvalue weighted by atomic mass is 10.0. The van der Waals surface area contributed by atoms with Gasteiger partial charge in [0.15, 0.2) is 11.5 Å². The molecule has 4 N–H and O–H groups in total. The molecule has 0 fully saturated rings. The number of methoxy groups -OCH3 is 2. The Hall–Kier alpha value is -1.60. The van der Waals surface area contributed by atoms with E-state index in [9.17, 15) is 13.9 Å². The number of ether oxygens (including phenoxy) is 2. The summed E-state index contributed by atoms with van der Waals surface area (Å²) in [6.45, 7) is -1.38. The van der Waals surface area contributed by atoms with Gasteiger partial charge in [0.1, 0.15) is 6.61 Å². The molecule has 1 aromatic carbocycles. The molecule has 1 aromatic rings. The normalized spacial score (nSPS) is 13.2. The molecule has 0 aromatic heterocycles. The number of rotatable bonds is 5. The molecule has 0 heterocycles. The van der Waals surface area contributed by atoms with E-state index >= 15 is 0 Å². The number of halogens is 2. The topological polar surface area (TPSA) is 84.9 Å². The number of aromatic hydroxyl groups is 1. The van der Waals surface area contributed by atoms with Crippen molar-refractivity contribution in [2.45, 2.75) is 12.0 Å². The molecule has 0 saturated carbocycles. The van der Waals surface area contributed by atoms with Gasteiger partial charge in [-0.05, 0) is 17.7 Å². The van der Waals surface area contributed by atoms with Gasteiger partial charge in [0.05, 0.1) is 20.3 Å². The van der Waals surface area contributed by atoms with Crippen molar-refractivity contribution in [1.29, 1.82) is 0 Å². The van der Waals surface area contributed by atoms with Gasteiger partial charge in [-0.1, -0.05) is 0 Å². The molecule has 7 heteroatoms. The smallest absolute Gasteiger partial charge is 0.289 e. The third-order valence-electron chi connectivity index (χ3n) is 2.53. The number of aliphatic hydroxyl groups is 1. The lowest BCUT2D eigenvalue weighted by Crippen LogP contribution is -2.36. The molecule has 0 saturated heterocycles. The van der Waals surface area contributed by atoms with E-state index in [0.717, 1.165) is 0 Å². The maximum atomic E-state index is 13.3. The van der Waals surface area contributed by atoms with Crippen molar-refractivity contribution in [3.63, 3.8) is 0 Å². The van der Waals surface area contributed by atoms with E-state index in [1.165, 1.54) is 26.4 Å². The molecule has 5 nitrogen and oxygen atoms in total. The fourth-order valence-electron chi connectivity index (χ4n) is 1.44.